The molecule has 1 amide bonds. The van der Waals surface area contributed by atoms with E-state index < -0.39 is 26.6 Å². The average Bonchev–Trinajstić information content (AvgIpc) is 2.83. The first kappa shape index (κ1) is 22.9. The molecule has 6 nitrogen and oxygen atoms in total. The van der Waals surface area contributed by atoms with Crippen molar-refractivity contribution in [2.24, 2.45) is 0 Å². The molecular formula is C24H23F2N3O3S. The van der Waals surface area contributed by atoms with Crippen molar-refractivity contribution in [1.82, 2.24) is 9.21 Å². The maximum Gasteiger partial charge on any atom is 0.256 e. The van der Waals surface area contributed by atoms with Gasteiger partial charge in [0.15, 0.2) is 4.90 Å². The molecule has 0 atom stereocenters. The molecular weight excluding hydrogens is 448 g/mol. The van der Waals surface area contributed by atoms with Crippen LogP contribution in [0.5, 0.6) is 0 Å². The number of piperazine rings is 1. The van der Waals surface area contributed by atoms with Crippen LogP contribution in [0, 0.1) is 11.6 Å². The van der Waals surface area contributed by atoms with E-state index in [2.05, 4.69) is 0 Å². The van der Waals surface area contributed by atoms with Crippen LogP contribution in [0.25, 0.3) is 0 Å². The second-order valence-electron chi connectivity index (χ2n) is 7.66. The molecule has 3 aromatic carbocycles. The summed E-state index contributed by atoms with van der Waals surface area (Å²) in [6.07, 6.45) is 0. The summed E-state index contributed by atoms with van der Waals surface area (Å²) >= 11 is 0. The van der Waals surface area contributed by atoms with Crippen LogP contribution in [0.3, 0.4) is 0 Å². The summed E-state index contributed by atoms with van der Waals surface area (Å²) in [5, 5.41) is 0. The smallest absolute Gasteiger partial charge is 0.256 e. The lowest BCUT2D eigenvalue weighted by Gasteiger charge is -2.35. The van der Waals surface area contributed by atoms with Gasteiger partial charge < -0.3 is 9.80 Å². The third kappa shape index (κ3) is 4.46. The van der Waals surface area contributed by atoms with E-state index in [1.54, 1.807) is 17.0 Å². The number of nitrogens with zero attached hydrogens (tertiary/aromatic N) is 3. The highest BCUT2D eigenvalue weighted by atomic mass is 32.2. The molecule has 3 aromatic rings. The van der Waals surface area contributed by atoms with Crippen molar-refractivity contribution in [1.29, 1.82) is 0 Å². The van der Waals surface area contributed by atoms with Crippen molar-refractivity contribution in [3.05, 3.63) is 90.0 Å². The van der Waals surface area contributed by atoms with Gasteiger partial charge >= 0.3 is 0 Å². The van der Waals surface area contributed by atoms with Crippen molar-refractivity contribution in [3.63, 3.8) is 0 Å². The Balaban J connectivity index is 1.52. The van der Waals surface area contributed by atoms with Gasteiger partial charge in [0.25, 0.3) is 5.91 Å². The lowest BCUT2D eigenvalue weighted by molar-refractivity contribution is 0.0698. The van der Waals surface area contributed by atoms with Gasteiger partial charge in [-0.1, -0.05) is 36.4 Å². The number of carbonyl (C=O) groups is 1. The fraction of sp³-hybridized carbons (Fsp3) is 0.208. The Hall–Kier alpha value is -3.30. The molecule has 0 aromatic heterocycles. The predicted molar refractivity (Wildman–Crippen MR) is 122 cm³/mol. The number of para-hydroxylation sites is 2. The number of amides is 1. The molecule has 0 N–H and O–H groups in total. The van der Waals surface area contributed by atoms with E-state index >= 15 is 0 Å². The first-order valence-corrected chi connectivity index (χ1v) is 11.9. The van der Waals surface area contributed by atoms with Crippen LogP contribution in [0.15, 0.2) is 77.7 Å². The van der Waals surface area contributed by atoms with E-state index in [4.69, 9.17) is 0 Å². The Morgan fingerprint density at radius 2 is 1.39 bits per heavy atom. The number of halogens is 2. The standard InChI is InChI=1S/C24H23F2N3O3S/c1-27(18-8-3-2-4-9-18)22-13-6-5-10-19(22)24(30)28-14-16-29(17-15-28)33(31,32)23-20(25)11-7-12-21(23)26/h2-13H,14-17H2,1H3. The lowest BCUT2D eigenvalue weighted by atomic mass is 10.1. The Kier molecular flexibility index (Phi) is 6.44. The van der Waals surface area contributed by atoms with Crippen LogP contribution >= 0.6 is 0 Å². The van der Waals surface area contributed by atoms with Gasteiger partial charge in [-0.3, -0.25) is 4.79 Å². The van der Waals surface area contributed by atoms with Crippen LogP contribution < -0.4 is 4.90 Å². The second-order valence-corrected chi connectivity index (χ2v) is 9.53. The highest BCUT2D eigenvalue weighted by molar-refractivity contribution is 7.89. The number of carbonyl (C=O) groups excluding carboxylic acids is 1. The van der Waals surface area contributed by atoms with Crippen LogP contribution in [-0.2, 0) is 10.0 Å². The Labute approximate surface area is 191 Å². The van der Waals surface area contributed by atoms with Crippen molar-refractivity contribution in [2.45, 2.75) is 4.90 Å². The fourth-order valence-corrected chi connectivity index (χ4v) is 5.43. The summed E-state index contributed by atoms with van der Waals surface area (Å²) in [7, 11) is -2.49. The van der Waals surface area contributed by atoms with Gasteiger partial charge in [-0.15, -0.1) is 0 Å². The molecule has 1 heterocycles. The van der Waals surface area contributed by atoms with Gasteiger partial charge in [-0.25, -0.2) is 17.2 Å². The molecule has 4 rings (SSSR count). The quantitative estimate of drug-likeness (QED) is 0.567. The topological polar surface area (TPSA) is 60.9 Å². The first-order chi connectivity index (χ1) is 15.8. The van der Waals surface area contributed by atoms with Crippen LogP contribution in [0.2, 0.25) is 0 Å². The van der Waals surface area contributed by atoms with E-state index in [1.807, 2.05) is 54.4 Å². The van der Waals surface area contributed by atoms with Crippen LogP contribution in [-0.4, -0.2) is 56.8 Å². The Morgan fingerprint density at radius 3 is 2.03 bits per heavy atom. The molecule has 0 unspecified atom stereocenters. The van der Waals surface area contributed by atoms with Crippen molar-refractivity contribution in [2.75, 3.05) is 38.1 Å². The summed E-state index contributed by atoms with van der Waals surface area (Å²) < 4.78 is 54.8. The maximum absolute atomic E-state index is 14.1. The van der Waals surface area contributed by atoms with Crippen molar-refractivity contribution >= 4 is 27.3 Å². The van der Waals surface area contributed by atoms with Gasteiger partial charge in [0.2, 0.25) is 10.0 Å². The molecule has 33 heavy (non-hydrogen) atoms. The third-order valence-corrected chi connectivity index (χ3v) is 7.63. The predicted octanol–water partition coefficient (Wildman–Crippen LogP) is 3.88. The number of hydrogen-bond donors (Lipinski definition) is 0. The first-order valence-electron chi connectivity index (χ1n) is 10.4. The summed E-state index contributed by atoms with van der Waals surface area (Å²) in [6, 6.07) is 19.8. The zero-order valence-electron chi connectivity index (χ0n) is 18.0. The minimum absolute atomic E-state index is 0.0570. The maximum atomic E-state index is 14.1. The monoisotopic (exact) mass is 471 g/mol. The molecule has 0 bridgehead atoms. The number of anilines is 2. The Morgan fingerprint density at radius 1 is 0.818 bits per heavy atom. The zero-order chi connectivity index (χ0) is 23.6. The summed E-state index contributed by atoms with van der Waals surface area (Å²) in [5.74, 6) is -2.50. The fourth-order valence-electron chi connectivity index (χ4n) is 3.90. The highest BCUT2D eigenvalue weighted by Crippen LogP contribution is 2.29. The average molecular weight is 472 g/mol. The van der Waals surface area contributed by atoms with Gasteiger partial charge in [-0.2, -0.15) is 4.31 Å². The second kappa shape index (κ2) is 9.29. The van der Waals surface area contributed by atoms with Gasteiger partial charge in [0, 0.05) is 38.9 Å². The van der Waals surface area contributed by atoms with Gasteiger partial charge in [0.05, 0.1) is 11.3 Å². The minimum Gasteiger partial charge on any atom is -0.344 e. The number of rotatable bonds is 5. The number of benzene rings is 3. The van der Waals surface area contributed by atoms with Crippen molar-refractivity contribution < 1.29 is 22.0 Å². The molecule has 0 radical (unpaired) electrons. The van der Waals surface area contributed by atoms with E-state index in [9.17, 15) is 22.0 Å². The van der Waals surface area contributed by atoms with Crippen LogP contribution in [0.4, 0.5) is 20.2 Å². The number of hydrogen-bond acceptors (Lipinski definition) is 4. The lowest BCUT2D eigenvalue weighted by Crippen LogP contribution is -2.50. The summed E-state index contributed by atoms with van der Waals surface area (Å²) in [4.78, 5) is 15.8. The molecule has 1 aliphatic heterocycles. The molecule has 0 spiro atoms. The van der Waals surface area contributed by atoms with E-state index in [0.29, 0.717) is 5.56 Å². The minimum atomic E-state index is -4.36. The molecule has 1 fully saturated rings. The van der Waals surface area contributed by atoms with E-state index in [-0.39, 0.29) is 32.1 Å². The zero-order valence-corrected chi connectivity index (χ0v) is 18.8. The largest absolute Gasteiger partial charge is 0.344 e. The highest BCUT2D eigenvalue weighted by Gasteiger charge is 2.34. The molecule has 1 saturated heterocycles. The number of sulfonamides is 1. The van der Waals surface area contributed by atoms with E-state index in [1.165, 1.54) is 0 Å². The molecule has 172 valence electrons. The Bertz CT molecular complexity index is 1240. The van der Waals surface area contributed by atoms with Gasteiger partial charge in [0.1, 0.15) is 11.6 Å². The summed E-state index contributed by atoms with van der Waals surface area (Å²) in [6.45, 7) is 0.103. The van der Waals surface area contributed by atoms with Gasteiger partial charge in [-0.05, 0) is 36.4 Å². The summed E-state index contributed by atoms with van der Waals surface area (Å²) in [5.41, 5.74) is 2.12. The van der Waals surface area contributed by atoms with E-state index in [0.717, 1.165) is 33.9 Å². The molecule has 0 saturated carbocycles. The molecule has 0 aliphatic carbocycles. The molecule has 1 aliphatic rings. The van der Waals surface area contributed by atoms with Crippen molar-refractivity contribution in [3.8, 4) is 0 Å². The third-order valence-electron chi connectivity index (χ3n) is 5.68. The molecule has 9 heteroatoms. The SMILES string of the molecule is CN(c1ccccc1)c1ccccc1C(=O)N1CCN(S(=O)(=O)c2c(F)cccc2F)CC1. The normalized spacial score (nSPS) is 14.8. The van der Waals surface area contributed by atoms with Crippen LogP contribution in [0.1, 0.15) is 10.4 Å².